The molecule has 0 unspecified atom stereocenters. The Bertz CT molecular complexity index is 788. The van der Waals surface area contributed by atoms with E-state index in [1.54, 1.807) is 0 Å². The first-order chi connectivity index (χ1) is 22.0. The van der Waals surface area contributed by atoms with Gasteiger partial charge in [-0.25, -0.2) is 4.79 Å². The zero-order valence-electron chi connectivity index (χ0n) is 29.9. The second-order valence-corrected chi connectivity index (χ2v) is 14.0. The van der Waals surface area contributed by atoms with E-state index >= 15 is 0 Å². The first-order valence-electron chi connectivity index (χ1n) is 18.6. The Balaban J connectivity index is 4.43. The van der Waals surface area contributed by atoms with Crippen LogP contribution in [-0.4, -0.2) is 59.3 Å². The molecule has 0 spiro atoms. The first-order valence-corrected chi connectivity index (χ1v) is 18.6. The van der Waals surface area contributed by atoms with Crippen molar-refractivity contribution in [3.8, 4) is 0 Å². The zero-order chi connectivity index (χ0) is 34.4. The van der Waals surface area contributed by atoms with Gasteiger partial charge in [-0.2, -0.15) is 0 Å². The van der Waals surface area contributed by atoms with Gasteiger partial charge in [-0.15, -0.1) is 0 Å². The van der Waals surface area contributed by atoms with Crippen molar-refractivity contribution in [3.63, 3.8) is 0 Å². The number of esters is 1. The number of carboxylic acid groups (broad SMARTS) is 1. The third kappa shape index (κ3) is 29.3. The third-order valence-electron chi connectivity index (χ3n) is 8.44. The molecule has 0 heterocycles. The van der Waals surface area contributed by atoms with Crippen LogP contribution in [0.1, 0.15) is 175 Å². The van der Waals surface area contributed by atoms with Crippen molar-refractivity contribution >= 4 is 23.8 Å². The molecule has 0 saturated carbocycles. The lowest BCUT2D eigenvalue weighted by atomic mass is 10.0. The molecule has 2 amide bonds. The molecule has 0 aliphatic rings. The van der Waals surface area contributed by atoms with Crippen molar-refractivity contribution in [1.29, 1.82) is 0 Å². The second-order valence-electron chi connectivity index (χ2n) is 14.0. The number of hydrogen-bond acceptors (Lipinski definition) is 6. The van der Waals surface area contributed by atoms with E-state index in [4.69, 9.17) is 14.9 Å². The van der Waals surface area contributed by atoms with Gasteiger partial charge in [0.25, 0.3) is 0 Å². The summed E-state index contributed by atoms with van der Waals surface area (Å²) in [7, 11) is 0. The van der Waals surface area contributed by atoms with Crippen LogP contribution in [0.15, 0.2) is 0 Å². The number of amides is 2. The lowest BCUT2D eigenvalue weighted by molar-refractivity contribution is -0.151. The van der Waals surface area contributed by atoms with E-state index in [1.807, 2.05) is 0 Å². The van der Waals surface area contributed by atoms with Crippen molar-refractivity contribution in [2.45, 2.75) is 188 Å². The fourth-order valence-electron chi connectivity index (χ4n) is 5.56. The average molecular weight is 655 g/mol. The monoisotopic (exact) mass is 655 g/mol. The highest BCUT2D eigenvalue weighted by atomic mass is 16.5. The van der Waals surface area contributed by atoms with Crippen LogP contribution in [0, 0.1) is 11.8 Å². The molecule has 0 saturated heterocycles. The van der Waals surface area contributed by atoms with Gasteiger partial charge in [-0.3, -0.25) is 14.4 Å². The summed E-state index contributed by atoms with van der Waals surface area (Å²) in [4.78, 5) is 48.2. The molecule has 0 fully saturated rings. The van der Waals surface area contributed by atoms with E-state index in [0.717, 1.165) is 50.4 Å². The highest BCUT2D eigenvalue weighted by Gasteiger charge is 2.21. The summed E-state index contributed by atoms with van der Waals surface area (Å²) in [5.74, 6) is -1.22. The van der Waals surface area contributed by atoms with E-state index in [9.17, 15) is 19.2 Å². The number of hydrogen-bond donors (Lipinski definition) is 4. The quantitative estimate of drug-likeness (QED) is 0.0427. The summed E-state index contributed by atoms with van der Waals surface area (Å²) in [6.45, 7) is 7.93. The molecule has 0 aliphatic heterocycles. The molecular formula is C37H70N2O7. The van der Waals surface area contributed by atoms with Crippen LogP contribution in [0.3, 0.4) is 0 Å². The Kier molecular flexibility index (Phi) is 28.8. The van der Waals surface area contributed by atoms with Crippen molar-refractivity contribution in [1.82, 2.24) is 10.6 Å². The van der Waals surface area contributed by atoms with Gasteiger partial charge in [0.2, 0.25) is 11.8 Å². The van der Waals surface area contributed by atoms with Gasteiger partial charge in [-0.05, 0) is 31.1 Å². The number of aliphatic carboxylic acids is 1. The second kappa shape index (κ2) is 30.2. The lowest BCUT2D eigenvalue weighted by Gasteiger charge is -2.18. The summed E-state index contributed by atoms with van der Waals surface area (Å²) in [6, 6.07) is -1.43. The maximum atomic E-state index is 12.6. The highest BCUT2D eigenvalue weighted by Crippen LogP contribution is 2.17. The molecule has 4 N–H and O–H groups in total. The molecule has 0 aromatic heterocycles. The minimum atomic E-state index is -1.43. The summed E-state index contributed by atoms with van der Waals surface area (Å²) >= 11 is 0. The molecule has 0 aromatic carbocycles. The molecular weight excluding hydrogens is 584 g/mol. The fraction of sp³-hybridized carbons (Fsp3) is 0.892. The Labute approximate surface area is 280 Å². The largest absolute Gasteiger partial charge is 0.480 e. The van der Waals surface area contributed by atoms with Crippen LogP contribution < -0.4 is 10.6 Å². The number of aliphatic hydroxyl groups is 1. The minimum absolute atomic E-state index is 0.0467. The third-order valence-corrected chi connectivity index (χ3v) is 8.44. The van der Waals surface area contributed by atoms with Gasteiger partial charge < -0.3 is 25.6 Å². The summed E-state index contributed by atoms with van der Waals surface area (Å²) < 4.78 is 5.73. The summed E-state index contributed by atoms with van der Waals surface area (Å²) in [5, 5.41) is 22.7. The van der Waals surface area contributed by atoms with Crippen LogP contribution >= 0.6 is 0 Å². The number of carboxylic acids is 1. The predicted octanol–water partition coefficient (Wildman–Crippen LogP) is 7.86. The SMILES string of the molecule is CC(C)CCCCCCCCCCCC(=O)O[C@H](CCCCCCCCCCCC(C)C)CC(=O)NCC(=O)N[C@H](CO)C(=O)O. The first kappa shape index (κ1) is 43.8. The zero-order valence-corrected chi connectivity index (χ0v) is 29.9. The van der Waals surface area contributed by atoms with Crippen molar-refractivity contribution in [2.24, 2.45) is 11.8 Å². The van der Waals surface area contributed by atoms with Crippen LogP contribution in [-0.2, 0) is 23.9 Å². The van der Waals surface area contributed by atoms with Gasteiger partial charge in [0, 0.05) is 6.42 Å². The molecule has 2 atom stereocenters. The van der Waals surface area contributed by atoms with Crippen LogP contribution in [0.2, 0.25) is 0 Å². The number of ether oxygens (including phenoxy) is 1. The highest BCUT2D eigenvalue weighted by molar-refractivity contribution is 5.88. The van der Waals surface area contributed by atoms with E-state index in [2.05, 4.69) is 38.3 Å². The fourth-order valence-corrected chi connectivity index (χ4v) is 5.56. The molecule has 9 heteroatoms. The van der Waals surface area contributed by atoms with Gasteiger partial charge in [0.15, 0.2) is 0 Å². The lowest BCUT2D eigenvalue weighted by Crippen LogP contribution is -2.47. The Morgan fingerprint density at radius 3 is 1.41 bits per heavy atom. The maximum absolute atomic E-state index is 12.6. The standard InChI is InChI=1S/C37H70N2O7/c1-30(2)23-19-15-11-7-5-9-13-17-21-25-32(27-34(41)38-28-35(42)39-33(29-40)37(44)45)46-36(43)26-22-18-14-10-6-8-12-16-20-24-31(3)4/h30-33,40H,5-29H2,1-4H3,(H,38,41)(H,39,42)(H,44,45)/t32-,33-/m1/s1. The van der Waals surface area contributed by atoms with Crippen LogP contribution in [0.5, 0.6) is 0 Å². The molecule has 0 radical (unpaired) electrons. The smallest absolute Gasteiger partial charge is 0.328 e. The van der Waals surface area contributed by atoms with Gasteiger partial charge in [0.1, 0.15) is 12.1 Å². The van der Waals surface area contributed by atoms with Gasteiger partial charge >= 0.3 is 11.9 Å². The molecule has 46 heavy (non-hydrogen) atoms. The van der Waals surface area contributed by atoms with E-state index in [0.29, 0.717) is 12.8 Å². The Morgan fingerprint density at radius 1 is 0.587 bits per heavy atom. The Morgan fingerprint density at radius 2 is 1.00 bits per heavy atom. The van der Waals surface area contributed by atoms with Crippen molar-refractivity contribution < 1.29 is 34.1 Å². The van der Waals surface area contributed by atoms with Gasteiger partial charge in [0.05, 0.1) is 19.6 Å². The maximum Gasteiger partial charge on any atom is 0.328 e. The minimum Gasteiger partial charge on any atom is -0.480 e. The molecule has 270 valence electrons. The Hall–Kier alpha value is -2.16. The summed E-state index contributed by atoms with van der Waals surface area (Å²) in [5.41, 5.74) is 0. The normalized spacial score (nSPS) is 12.7. The number of carbonyl (C=O) groups excluding carboxylic acids is 3. The number of unbranched alkanes of at least 4 members (excludes halogenated alkanes) is 16. The van der Waals surface area contributed by atoms with E-state index in [-0.39, 0.29) is 12.4 Å². The molecule has 9 nitrogen and oxygen atoms in total. The van der Waals surface area contributed by atoms with Crippen LogP contribution in [0.25, 0.3) is 0 Å². The predicted molar refractivity (Wildman–Crippen MR) is 185 cm³/mol. The summed E-state index contributed by atoms with van der Waals surface area (Å²) in [6.07, 6.45) is 24.1. The topological polar surface area (TPSA) is 142 Å². The number of carbonyl (C=O) groups is 4. The van der Waals surface area contributed by atoms with E-state index < -0.39 is 43.1 Å². The number of nitrogens with one attached hydrogen (secondary N) is 2. The van der Waals surface area contributed by atoms with Crippen molar-refractivity contribution in [2.75, 3.05) is 13.2 Å². The number of aliphatic hydroxyl groups excluding tert-OH is 1. The molecule has 0 rings (SSSR count). The molecule has 0 aliphatic carbocycles. The molecule has 0 aromatic rings. The van der Waals surface area contributed by atoms with Crippen molar-refractivity contribution in [3.05, 3.63) is 0 Å². The van der Waals surface area contributed by atoms with Gasteiger partial charge in [-0.1, -0.05) is 143 Å². The molecule has 0 bridgehead atoms. The average Bonchev–Trinajstić information content (AvgIpc) is 2.99. The number of rotatable bonds is 32. The van der Waals surface area contributed by atoms with E-state index in [1.165, 1.54) is 89.9 Å². The van der Waals surface area contributed by atoms with Crippen LogP contribution in [0.4, 0.5) is 0 Å².